The lowest BCUT2D eigenvalue weighted by molar-refractivity contribution is 0.602. The molecule has 0 aliphatic heterocycles. The Hall–Kier alpha value is -1.79. The van der Waals surface area contributed by atoms with Crippen LogP contribution in [0, 0.1) is 13.8 Å². The Morgan fingerprint density at radius 2 is 1.95 bits per heavy atom. The number of aromatic nitrogens is 1. The van der Waals surface area contributed by atoms with Crippen LogP contribution in [0.25, 0.3) is 0 Å². The fourth-order valence-corrected chi connectivity index (χ4v) is 2.93. The van der Waals surface area contributed by atoms with E-state index in [2.05, 4.69) is 15.0 Å². The van der Waals surface area contributed by atoms with E-state index in [1.165, 1.54) is 0 Å². The minimum absolute atomic E-state index is 0.00680. The zero-order valence-electron chi connectivity index (χ0n) is 12.6. The Kier molecular flexibility index (Phi) is 4.93. The second kappa shape index (κ2) is 6.54. The number of hydrogen-bond acceptors (Lipinski definition) is 4. The van der Waals surface area contributed by atoms with Gasteiger partial charge in [0.1, 0.15) is 5.82 Å². The summed E-state index contributed by atoms with van der Waals surface area (Å²) in [5.74, 6) is 0.298. The fourth-order valence-electron chi connectivity index (χ4n) is 1.98. The number of hydrogen-bond donors (Lipinski definition) is 2. The first-order chi connectivity index (χ1) is 10.3. The third-order valence-corrected chi connectivity index (χ3v) is 4.68. The van der Waals surface area contributed by atoms with Crippen molar-refractivity contribution in [3.63, 3.8) is 0 Å². The van der Waals surface area contributed by atoms with Crippen molar-refractivity contribution in [2.24, 2.45) is 0 Å². The Morgan fingerprint density at radius 1 is 1.23 bits per heavy atom. The minimum Gasteiger partial charge on any atom is -0.353 e. The summed E-state index contributed by atoms with van der Waals surface area (Å²) in [5, 5.41) is 3.83. The van der Waals surface area contributed by atoms with E-state index in [0.29, 0.717) is 10.8 Å². The summed E-state index contributed by atoms with van der Waals surface area (Å²) in [6.07, 6.45) is 1.56. The van der Waals surface area contributed by atoms with Gasteiger partial charge in [-0.15, -0.1) is 0 Å². The Balaban J connectivity index is 2.19. The van der Waals surface area contributed by atoms with Crippen LogP contribution in [0.3, 0.4) is 0 Å². The molecule has 0 aliphatic rings. The van der Waals surface area contributed by atoms with Gasteiger partial charge in [-0.25, -0.2) is 13.4 Å². The number of pyridine rings is 1. The number of anilines is 3. The molecule has 5 nitrogen and oxygen atoms in total. The monoisotopic (exact) mass is 339 g/mol. The first-order valence-corrected chi connectivity index (χ1v) is 8.84. The first-order valence-electron chi connectivity index (χ1n) is 6.81. The van der Waals surface area contributed by atoms with Gasteiger partial charge in [0.15, 0.2) is 0 Å². The van der Waals surface area contributed by atoms with E-state index in [1.807, 2.05) is 26.0 Å². The molecule has 22 heavy (non-hydrogen) atoms. The predicted molar refractivity (Wildman–Crippen MR) is 91.5 cm³/mol. The van der Waals surface area contributed by atoms with Crippen molar-refractivity contribution < 1.29 is 8.42 Å². The van der Waals surface area contributed by atoms with Crippen molar-refractivity contribution in [3.05, 3.63) is 46.6 Å². The second-order valence-electron chi connectivity index (χ2n) is 5.00. The van der Waals surface area contributed by atoms with E-state index in [9.17, 15) is 8.42 Å². The second-order valence-corrected chi connectivity index (χ2v) is 7.42. The van der Waals surface area contributed by atoms with E-state index in [-0.39, 0.29) is 5.75 Å². The van der Waals surface area contributed by atoms with Crippen LogP contribution < -0.4 is 10.0 Å². The van der Waals surface area contributed by atoms with Gasteiger partial charge in [-0.3, -0.25) is 4.72 Å². The highest BCUT2D eigenvalue weighted by Crippen LogP contribution is 2.30. The predicted octanol–water partition coefficient (Wildman–Crippen LogP) is 3.86. The molecule has 1 aromatic heterocycles. The summed E-state index contributed by atoms with van der Waals surface area (Å²) >= 11 is 6.25. The largest absolute Gasteiger partial charge is 0.353 e. The molecule has 0 fully saturated rings. The molecule has 2 aromatic rings. The molecule has 0 saturated carbocycles. The maximum Gasteiger partial charge on any atom is 0.233 e. The summed E-state index contributed by atoms with van der Waals surface area (Å²) in [6, 6.07) is 7.27. The lowest BCUT2D eigenvalue weighted by atomic mass is 10.1. The van der Waals surface area contributed by atoms with Crippen LogP contribution in [0.1, 0.15) is 18.1 Å². The molecule has 1 aromatic carbocycles. The van der Waals surface area contributed by atoms with Gasteiger partial charge in [0.2, 0.25) is 10.0 Å². The van der Waals surface area contributed by atoms with Crippen molar-refractivity contribution >= 4 is 38.8 Å². The van der Waals surface area contributed by atoms with Crippen molar-refractivity contribution in [1.29, 1.82) is 0 Å². The lowest BCUT2D eigenvalue weighted by Crippen LogP contribution is -2.15. The summed E-state index contributed by atoms with van der Waals surface area (Å²) in [7, 11) is -3.32. The van der Waals surface area contributed by atoms with E-state index in [0.717, 1.165) is 22.5 Å². The normalized spacial score (nSPS) is 11.3. The van der Waals surface area contributed by atoms with Crippen LogP contribution in [-0.2, 0) is 10.0 Å². The molecule has 0 unspecified atom stereocenters. The Morgan fingerprint density at radius 3 is 2.50 bits per heavy atom. The van der Waals surface area contributed by atoms with Crippen LogP contribution in [0.15, 0.2) is 30.5 Å². The van der Waals surface area contributed by atoms with E-state index in [1.54, 1.807) is 25.3 Å². The van der Waals surface area contributed by atoms with Gasteiger partial charge in [0, 0.05) is 0 Å². The molecule has 0 amide bonds. The number of halogens is 1. The highest BCUT2D eigenvalue weighted by atomic mass is 35.5. The maximum absolute atomic E-state index is 11.5. The molecular formula is C15H18ClN3O2S. The average Bonchev–Trinajstić information content (AvgIpc) is 2.44. The Bertz CT molecular complexity index is 751. The number of nitrogens with one attached hydrogen (secondary N) is 2. The molecule has 1 heterocycles. The molecule has 2 rings (SSSR count). The Labute approximate surface area is 135 Å². The van der Waals surface area contributed by atoms with Gasteiger partial charge < -0.3 is 5.32 Å². The molecule has 118 valence electrons. The number of sulfonamides is 1. The van der Waals surface area contributed by atoms with Crippen molar-refractivity contribution in [3.8, 4) is 0 Å². The SMILES string of the molecule is CCS(=O)(=O)Nc1ccc(Nc2c(C)cc(C)cc2Cl)cn1. The summed E-state index contributed by atoms with van der Waals surface area (Å²) in [4.78, 5) is 4.09. The maximum atomic E-state index is 11.5. The molecule has 7 heteroatoms. The highest BCUT2D eigenvalue weighted by molar-refractivity contribution is 7.92. The molecule has 0 saturated heterocycles. The van der Waals surface area contributed by atoms with Crippen LogP contribution in [0.5, 0.6) is 0 Å². The zero-order valence-corrected chi connectivity index (χ0v) is 14.2. The van der Waals surface area contributed by atoms with E-state index in [4.69, 9.17) is 11.6 Å². The molecule has 0 aliphatic carbocycles. The van der Waals surface area contributed by atoms with Crippen LogP contribution in [0.4, 0.5) is 17.2 Å². The zero-order chi connectivity index (χ0) is 16.3. The summed E-state index contributed by atoms with van der Waals surface area (Å²) in [6.45, 7) is 5.53. The van der Waals surface area contributed by atoms with Crippen LogP contribution in [-0.4, -0.2) is 19.2 Å². The quantitative estimate of drug-likeness (QED) is 0.867. The third-order valence-electron chi connectivity index (χ3n) is 3.10. The standard InChI is InChI=1S/C15H18ClN3O2S/c1-4-22(20,21)19-14-6-5-12(9-17-14)18-15-11(3)7-10(2)8-13(15)16/h5-9,18H,4H2,1-3H3,(H,17,19). The van der Waals surface area contributed by atoms with Gasteiger partial charge in [0.05, 0.1) is 28.3 Å². The number of benzene rings is 1. The molecule has 0 atom stereocenters. The van der Waals surface area contributed by atoms with Gasteiger partial charge >= 0.3 is 0 Å². The van der Waals surface area contributed by atoms with E-state index >= 15 is 0 Å². The smallest absolute Gasteiger partial charge is 0.233 e. The average molecular weight is 340 g/mol. The number of aryl methyl sites for hydroxylation is 2. The molecule has 2 N–H and O–H groups in total. The lowest BCUT2D eigenvalue weighted by Gasteiger charge is -2.13. The topological polar surface area (TPSA) is 71.1 Å². The number of rotatable bonds is 5. The first kappa shape index (κ1) is 16.6. The van der Waals surface area contributed by atoms with Crippen molar-refractivity contribution in [2.45, 2.75) is 20.8 Å². The van der Waals surface area contributed by atoms with Gasteiger partial charge in [-0.2, -0.15) is 0 Å². The summed E-state index contributed by atoms with van der Waals surface area (Å²) in [5.41, 5.74) is 3.67. The molecule has 0 spiro atoms. The summed E-state index contributed by atoms with van der Waals surface area (Å²) < 4.78 is 25.4. The number of nitrogens with zero attached hydrogens (tertiary/aromatic N) is 1. The van der Waals surface area contributed by atoms with Crippen molar-refractivity contribution in [2.75, 3.05) is 15.8 Å². The van der Waals surface area contributed by atoms with Crippen LogP contribution >= 0.6 is 11.6 Å². The molecular weight excluding hydrogens is 322 g/mol. The van der Waals surface area contributed by atoms with Crippen molar-refractivity contribution in [1.82, 2.24) is 4.98 Å². The highest BCUT2D eigenvalue weighted by Gasteiger charge is 2.09. The van der Waals surface area contributed by atoms with Gasteiger partial charge in [-0.1, -0.05) is 17.7 Å². The van der Waals surface area contributed by atoms with E-state index < -0.39 is 10.0 Å². The third kappa shape index (κ3) is 4.11. The van der Waals surface area contributed by atoms with Gasteiger partial charge in [-0.05, 0) is 50.1 Å². The minimum atomic E-state index is -3.32. The van der Waals surface area contributed by atoms with Crippen LogP contribution in [0.2, 0.25) is 5.02 Å². The molecule has 0 bridgehead atoms. The fraction of sp³-hybridized carbons (Fsp3) is 0.267. The van der Waals surface area contributed by atoms with Gasteiger partial charge in [0.25, 0.3) is 0 Å². The molecule has 0 radical (unpaired) electrons.